The molecular formula is C12H12BrIN4O2. The van der Waals surface area contributed by atoms with Gasteiger partial charge in [-0.05, 0) is 51.4 Å². The molecule has 20 heavy (non-hydrogen) atoms. The molecule has 1 aliphatic heterocycles. The van der Waals surface area contributed by atoms with Gasteiger partial charge in [0.05, 0.1) is 21.4 Å². The Morgan fingerprint density at radius 1 is 1.50 bits per heavy atom. The van der Waals surface area contributed by atoms with Crippen molar-refractivity contribution in [1.29, 1.82) is 0 Å². The highest BCUT2D eigenvalue weighted by Crippen LogP contribution is 2.31. The van der Waals surface area contributed by atoms with Gasteiger partial charge in [-0.1, -0.05) is 0 Å². The van der Waals surface area contributed by atoms with Crippen LogP contribution in [0.25, 0.3) is 10.9 Å². The van der Waals surface area contributed by atoms with Crippen LogP contribution < -0.4 is 0 Å². The van der Waals surface area contributed by atoms with Gasteiger partial charge < -0.3 is 10.0 Å². The third kappa shape index (κ3) is 2.39. The second-order valence-electron chi connectivity index (χ2n) is 4.78. The van der Waals surface area contributed by atoms with Crippen molar-refractivity contribution in [1.82, 2.24) is 19.7 Å². The maximum atomic E-state index is 11.1. The smallest absolute Gasteiger partial charge is 0.407 e. The molecule has 0 unspecified atom stereocenters. The van der Waals surface area contributed by atoms with Crippen LogP contribution >= 0.6 is 38.5 Å². The highest BCUT2D eigenvalue weighted by atomic mass is 127. The molecule has 1 N–H and O–H groups in total. The molecule has 1 saturated heterocycles. The molecule has 1 atom stereocenters. The number of halogens is 2. The molecule has 106 valence electrons. The average molecular weight is 451 g/mol. The summed E-state index contributed by atoms with van der Waals surface area (Å²) in [4.78, 5) is 16.8. The van der Waals surface area contributed by atoms with Gasteiger partial charge in [-0.3, -0.25) is 9.67 Å². The molecule has 0 aromatic carbocycles. The van der Waals surface area contributed by atoms with Crippen LogP contribution in [0.1, 0.15) is 18.9 Å². The molecule has 1 aliphatic rings. The van der Waals surface area contributed by atoms with Crippen LogP contribution in [0.4, 0.5) is 4.79 Å². The summed E-state index contributed by atoms with van der Waals surface area (Å²) in [6.45, 7) is 1.09. The topological polar surface area (TPSA) is 71.2 Å². The molecule has 2 aromatic rings. The lowest BCUT2D eigenvalue weighted by Gasteiger charge is -2.31. The SMILES string of the molecule is O=C(O)N1CCC[C@@H](n2nc(I)c3cncc(Br)c32)C1. The van der Waals surface area contributed by atoms with E-state index in [0.29, 0.717) is 13.1 Å². The van der Waals surface area contributed by atoms with Crippen molar-refractivity contribution >= 4 is 55.5 Å². The maximum absolute atomic E-state index is 11.1. The number of likely N-dealkylation sites (tertiary alicyclic amines) is 1. The highest BCUT2D eigenvalue weighted by molar-refractivity contribution is 14.1. The first-order chi connectivity index (χ1) is 9.58. The van der Waals surface area contributed by atoms with E-state index in [0.717, 1.165) is 31.9 Å². The molecular weight excluding hydrogens is 439 g/mol. The summed E-state index contributed by atoms with van der Waals surface area (Å²) in [5.41, 5.74) is 0.988. The van der Waals surface area contributed by atoms with Gasteiger partial charge in [-0.2, -0.15) is 5.10 Å². The molecule has 1 amide bonds. The summed E-state index contributed by atoms with van der Waals surface area (Å²) in [7, 11) is 0. The van der Waals surface area contributed by atoms with Gasteiger partial charge in [-0.15, -0.1) is 0 Å². The lowest BCUT2D eigenvalue weighted by Crippen LogP contribution is -2.40. The Kier molecular flexibility index (Phi) is 3.85. The number of carbonyl (C=O) groups is 1. The molecule has 2 aromatic heterocycles. The second kappa shape index (κ2) is 5.47. The largest absolute Gasteiger partial charge is 0.465 e. The number of piperidine rings is 1. The van der Waals surface area contributed by atoms with Crippen LogP contribution in [0.15, 0.2) is 16.9 Å². The summed E-state index contributed by atoms with van der Waals surface area (Å²) in [5.74, 6) is 0. The fourth-order valence-corrected chi connectivity index (χ4v) is 3.74. The first-order valence-electron chi connectivity index (χ1n) is 6.23. The number of nitrogens with zero attached hydrogens (tertiary/aromatic N) is 4. The second-order valence-corrected chi connectivity index (χ2v) is 6.65. The molecule has 3 rings (SSSR count). The fraction of sp³-hybridized carbons (Fsp3) is 0.417. The summed E-state index contributed by atoms with van der Waals surface area (Å²) in [6, 6.07) is 0.0737. The molecule has 1 fully saturated rings. The van der Waals surface area contributed by atoms with E-state index in [1.54, 1.807) is 12.4 Å². The zero-order chi connectivity index (χ0) is 14.3. The number of hydrogen-bond donors (Lipinski definition) is 1. The number of pyridine rings is 1. The fourth-order valence-electron chi connectivity index (χ4n) is 2.60. The van der Waals surface area contributed by atoms with Gasteiger partial charge in [-0.25, -0.2) is 4.79 Å². The van der Waals surface area contributed by atoms with Gasteiger partial charge in [0.2, 0.25) is 0 Å². The molecule has 0 bridgehead atoms. The minimum atomic E-state index is -0.860. The van der Waals surface area contributed by atoms with Gasteiger partial charge in [0.1, 0.15) is 3.70 Å². The first-order valence-corrected chi connectivity index (χ1v) is 8.10. The average Bonchev–Trinajstić information content (AvgIpc) is 2.78. The van der Waals surface area contributed by atoms with Crippen molar-refractivity contribution < 1.29 is 9.90 Å². The number of aromatic nitrogens is 3. The molecule has 0 saturated carbocycles. The normalized spacial score (nSPS) is 19.5. The number of carboxylic acid groups (broad SMARTS) is 1. The third-order valence-corrected chi connectivity index (χ3v) is 4.91. The van der Waals surface area contributed by atoms with E-state index in [2.05, 4.69) is 48.6 Å². The van der Waals surface area contributed by atoms with E-state index in [4.69, 9.17) is 5.11 Å². The Bertz CT molecular complexity index is 675. The summed E-state index contributed by atoms with van der Waals surface area (Å²) in [5, 5.41) is 14.7. The van der Waals surface area contributed by atoms with Crippen LogP contribution in [0.3, 0.4) is 0 Å². The summed E-state index contributed by atoms with van der Waals surface area (Å²) in [6.07, 6.45) is 4.47. The van der Waals surface area contributed by atoms with E-state index in [1.807, 2.05) is 4.68 Å². The van der Waals surface area contributed by atoms with E-state index >= 15 is 0 Å². The molecule has 0 radical (unpaired) electrons. The maximum Gasteiger partial charge on any atom is 0.407 e. The zero-order valence-electron chi connectivity index (χ0n) is 10.5. The van der Waals surface area contributed by atoms with Gasteiger partial charge in [0.25, 0.3) is 0 Å². The van der Waals surface area contributed by atoms with Crippen molar-refractivity contribution in [2.24, 2.45) is 0 Å². The predicted molar refractivity (Wildman–Crippen MR) is 85.8 cm³/mol. The van der Waals surface area contributed by atoms with Crippen molar-refractivity contribution in [3.8, 4) is 0 Å². The van der Waals surface area contributed by atoms with E-state index < -0.39 is 6.09 Å². The number of hydrogen-bond acceptors (Lipinski definition) is 3. The van der Waals surface area contributed by atoms with Crippen molar-refractivity contribution in [3.05, 3.63) is 20.6 Å². The zero-order valence-corrected chi connectivity index (χ0v) is 14.2. The Balaban J connectivity index is 2.04. The van der Waals surface area contributed by atoms with Gasteiger partial charge in [0, 0.05) is 25.5 Å². The van der Waals surface area contributed by atoms with Crippen LogP contribution in [0.2, 0.25) is 0 Å². The highest BCUT2D eigenvalue weighted by Gasteiger charge is 2.27. The van der Waals surface area contributed by atoms with Crippen molar-refractivity contribution in [2.45, 2.75) is 18.9 Å². The lowest BCUT2D eigenvalue weighted by atomic mass is 10.1. The minimum Gasteiger partial charge on any atom is -0.465 e. The first kappa shape index (κ1) is 14.1. The Morgan fingerprint density at radius 2 is 2.30 bits per heavy atom. The molecule has 8 heteroatoms. The number of amides is 1. The number of fused-ring (bicyclic) bond motifs is 1. The molecule has 0 spiro atoms. The number of rotatable bonds is 1. The van der Waals surface area contributed by atoms with E-state index in [-0.39, 0.29) is 6.04 Å². The quantitative estimate of drug-likeness (QED) is 0.677. The monoisotopic (exact) mass is 450 g/mol. The van der Waals surface area contributed by atoms with Gasteiger partial charge >= 0.3 is 6.09 Å². The lowest BCUT2D eigenvalue weighted by molar-refractivity contribution is 0.120. The Morgan fingerprint density at radius 3 is 3.05 bits per heavy atom. The van der Waals surface area contributed by atoms with Crippen LogP contribution in [0, 0.1) is 3.70 Å². The summed E-state index contributed by atoms with van der Waals surface area (Å²) < 4.78 is 3.72. The predicted octanol–water partition coefficient (Wildman–Crippen LogP) is 3.11. The Hall–Kier alpha value is -0.900. The van der Waals surface area contributed by atoms with E-state index in [1.165, 1.54) is 4.90 Å². The van der Waals surface area contributed by atoms with Gasteiger partial charge in [0.15, 0.2) is 0 Å². The summed E-state index contributed by atoms with van der Waals surface area (Å²) >= 11 is 5.70. The van der Waals surface area contributed by atoms with Crippen LogP contribution in [-0.4, -0.2) is 44.0 Å². The standard InChI is InChI=1S/C12H12BrIN4O2/c13-9-5-15-4-8-10(9)18(16-11(8)14)7-2-1-3-17(6-7)12(19)20/h4-5,7H,1-3,6H2,(H,19,20)/t7-/m1/s1. The van der Waals surface area contributed by atoms with Crippen molar-refractivity contribution in [2.75, 3.05) is 13.1 Å². The van der Waals surface area contributed by atoms with Crippen LogP contribution in [-0.2, 0) is 0 Å². The minimum absolute atomic E-state index is 0.0737. The Labute approximate surface area is 137 Å². The van der Waals surface area contributed by atoms with Crippen LogP contribution in [0.5, 0.6) is 0 Å². The molecule has 3 heterocycles. The van der Waals surface area contributed by atoms with Crippen molar-refractivity contribution in [3.63, 3.8) is 0 Å². The molecule has 0 aliphatic carbocycles. The van der Waals surface area contributed by atoms with E-state index in [9.17, 15) is 4.79 Å². The third-order valence-electron chi connectivity index (χ3n) is 3.53. The molecule has 6 nitrogen and oxygen atoms in total.